The first-order valence-electron chi connectivity index (χ1n) is 11.2. The van der Waals surface area contributed by atoms with E-state index in [9.17, 15) is 0 Å². The van der Waals surface area contributed by atoms with Gasteiger partial charge in [-0.05, 0) is 70.5 Å². The molecule has 0 bridgehead atoms. The molecule has 0 spiro atoms. The number of benzene rings is 2. The van der Waals surface area contributed by atoms with Crippen molar-refractivity contribution in [1.82, 2.24) is 5.32 Å². The average Bonchev–Trinajstić information content (AvgIpc) is 3.36. The summed E-state index contributed by atoms with van der Waals surface area (Å²) in [7, 11) is 0. The second-order valence-electron chi connectivity index (χ2n) is 8.78. The maximum Gasteiger partial charge on any atom is 0.0459 e. The van der Waals surface area contributed by atoms with Crippen LogP contribution in [0, 0.1) is 0 Å². The second-order valence-corrected chi connectivity index (χ2v) is 8.78. The van der Waals surface area contributed by atoms with E-state index in [4.69, 9.17) is 0 Å². The van der Waals surface area contributed by atoms with Crippen molar-refractivity contribution in [3.8, 4) is 11.1 Å². The molecule has 2 aromatic carbocycles. The molecule has 0 radical (unpaired) electrons. The van der Waals surface area contributed by atoms with Crippen molar-refractivity contribution in [2.45, 2.75) is 19.8 Å². The van der Waals surface area contributed by atoms with Crippen LogP contribution in [-0.2, 0) is 0 Å². The lowest BCUT2D eigenvalue weighted by Gasteiger charge is -2.21. The first kappa shape index (κ1) is 18.9. The number of rotatable bonds is 3. The van der Waals surface area contributed by atoms with E-state index in [-0.39, 0.29) is 0 Å². The molecule has 1 heterocycles. The summed E-state index contributed by atoms with van der Waals surface area (Å²) in [6.45, 7) is 4.55. The average molecular weight is 412 g/mol. The Labute approximate surface area is 189 Å². The molecule has 154 valence electrons. The summed E-state index contributed by atoms with van der Waals surface area (Å²) in [6.07, 6.45) is 19.6. The highest BCUT2D eigenvalue weighted by atomic mass is 14.9. The smallest absolute Gasteiger partial charge is 0.0459 e. The molecule has 0 aromatic heterocycles. The minimum atomic E-state index is 0.303. The molecule has 6 rings (SSSR count). The predicted octanol–water partition coefficient (Wildman–Crippen LogP) is 7.53. The molecule has 1 nitrogen and oxygen atoms in total. The Morgan fingerprint density at radius 3 is 2.44 bits per heavy atom. The number of fused-ring (bicyclic) bond motifs is 2. The summed E-state index contributed by atoms with van der Waals surface area (Å²) in [5.41, 5.74) is 14.7. The van der Waals surface area contributed by atoms with Crippen molar-refractivity contribution in [2.75, 3.05) is 0 Å². The van der Waals surface area contributed by atoms with Crippen molar-refractivity contribution in [3.05, 3.63) is 148 Å². The number of hydrogen-bond acceptors (Lipinski definition) is 1. The maximum atomic E-state index is 3.43. The quantitative estimate of drug-likeness (QED) is 0.550. The molecule has 32 heavy (non-hydrogen) atoms. The highest BCUT2D eigenvalue weighted by Crippen LogP contribution is 2.53. The standard InChI is InChI=1S/C31H25N/c1-20-18-27-23(22-10-5-3-6-11-22)12-9-13-25(27)30(20)31-21(2)19-28-24(15-16-26(28)31)29-14-7-4-8-17-32-29/h3-19,30,32H,1-2H3. The van der Waals surface area contributed by atoms with E-state index in [0.717, 1.165) is 5.70 Å². The van der Waals surface area contributed by atoms with Crippen molar-refractivity contribution in [2.24, 2.45) is 0 Å². The van der Waals surface area contributed by atoms with Crippen LogP contribution in [0.4, 0.5) is 0 Å². The van der Waals surface area contributed by atoms with Crippen LogP contribution >= 0.6 is 0 Å². The second kappa shape index (κ2) is 7.39. The van der Waals surface area contributed by atoms with Crippen molar-refractivity contribution in [3.63, 3.8) is 0 Å². The third-order valence-electron chi connectivity index (χ3n) is 6.83. The Hall–Kier alpha value is -3.84. The first-order valence-corrected chi connectivity index (χ1v) is 11.2. The van der Waals surface area contributed by atoms with Gasteiger partial charge in [0.05, 0.1) is 0 Å². The highest BCUT2D eigenvalue weighted by Gasteiger charge is 2.35. The van der Waals surface area contributed by atoms with Crippen LogP contribution in [0.3, 0.4) is 0 Å². The lowest BCUT2D eigenvalue weighted by atomic mass is 9.82. The summed E-state index contributed by atoms with van der Waals surface area (Å²) < 4.78 is 0. The number of allylic oxidation sites excluding steroid dienone is 12. The van der Waals surface area contributed by atoms with Gasteiger partial charge in [-0.3, -0.25) is 0 Å². The maximum absolute atomic E-state index is 3.43. The summed E-state index contributed by atoms with van der Waals surface area (Å²) in [5, 5.41) is 3.43. The van der Waals surface area contributed by atoms with Gasteiger partial charge < -0.3 is 5.32 Å². The van der Waals surface area contributed by atoms with E-state index >= 15 is 0 Å². The topological polar surface area (TPSA) is 12.0 Å². The fraction of sp³-hybridized carbons (Fsp3) is 0.0968. The van der Waals surface area contributed by atoms with Gasteiger partial charge in [0, 0.05) is 23.4 Å². The zero-order valence-corrected chi connectivity index (χ0v) is 18.4. The Kier molecular flexibility index (Phi) is 4.36. The van der Waals surface area contributed by atoms with Crippen LogP contribution < -0.4 is 5.32 Å². The molecule has 0 amide bonds. The Morgan fingerprint density at radius 2 is 1.56 bits per heavy atom. The van der Waals surface area contributed by atoms with E-state index in [1.54, 1.807) is 0 Å². The minimum Gasteiger partial charge on any atom is -0.361 e. The van der Waals surface area contributed by atoms with E-state index in [1.807, 2.05) is 12.3 Å². The fourth-order valence-corrected chi connectivity index (χ4v) is 5.44. The lowest BCUT2D eigenvalue weighted by molar-refractivity contribution is 0.955. The van der Waals surface area contributed by atoms with Crippen molar-refractivity contribution in [1.29, 1.82) is 0 Å². The van der Waals surface area contributed by atoms with Crippen molar-refractivity contribution >= 4 is 6.08 Å². The van der Waals surface area contributed by atoms with Gasteiger partial charge in [-0.1, -0.05) is 90.6 Å². The molecule has 3 aliphatic carbocycles. The molecule has 0 saturated carbocycles. The molecule has 2 aromatic rings. The highest BCUT2D eigenvalue weighted by molar-refractivity contribution is 5.85. The molecule has 0 fully saturated rings. The summed E-state index contributed by atoms with van der Waals surface area (Å²) in [4.78, 5) is 0. The first-order chi connectivity index (χ1) is 15.7. The fourth-order valence-electron chi connectivity index (χ4n) is 5.44. The molecule has 1 aliphatic heterocycles. The van der Waals surface area contributed by atoms with Crippen LogP contribution in [-0.4, -0.2) is 0 Å². The van der Waals surface area contributed by atoms with Crippen LogP contribution in [0.15, 0.2) is 136 Å². The van der Waals surface area contributed by atoms with Gasteiger partial charge in [-0.25, -0.2) is 0 Å². The summed E-state index contributed by atoms with van der Waals surface area (Å²) >= 11 is 0. The van der Waals surface area contributed by atoms with Gasteiger partial charge in [0.25, 0.3) is 0 Å². The van der Waals surface area contributed by atoms with Gasteiger partial charge in [-0.15, -0.1) is 0 Å². The molecule has 1 unspecified atom stereocenters. The van der Waals surface area contributed by atoms with E-state index < -0.39 is 0 Å². The van der Waals surface area contributed by atoms with E-state index in [0.29, 0.717) is 5.92 Å². The lowest BCUT2D eigenvalue weighted by Crippen LogP contribution is -2.08. The van der Waals surface area contributed by atoms with Gasteiger partial charge in [0.1, 0.15) is 0 Å². The van der Waals surface area contributed by atoms with Gasteiger partial charge in [0.15, 0.2) is 0 Å². The molecular weight excluding hydrogens is 386 g/mol. The van der Waals surface area contributed by atoms with Crippen LogP contribution in [0.5, 0.6) is 0 Å². The van der Waals surface area contributed by atoms with Crippen molar-refractivity contribution < 1.29 is 0 Å². The number of hydrogen-bond donors (Lipinski definition) is 1. The van der Waals surface area contributed by atoms with Crippen LogP contribution in [0.25, 0.3) is 17.2 Å². The third kappa shape index (κ3) is 2.85. The SMILES string of the molecule is CC1=Cc2c(-c3ccccc3)cccc2C1C1=C(C)C=C2C(C3=CC=CC=CN3)=CC=C21. The minimum absolute atomic E-state index is 0.303. The molecular formula is C31H25N. The van der Waals surface area contributed by atoms with Gasteiger partial charge in [-0.2, -0.15) is 0 Å². The zero-order valence-electron chi connectivity index (χ0n) is 18.4. The number of nitrogens with one attached hydrogen (secondary N) is 1. The van der Waals surface area contributed by atoms with Gasteiger partial charge >= 0.3 is 0 Å². The Balaban J connectivity index is 1.38. The predicted molar refractivity (Wildman–Crippen MR) is 135 cm³/mol. The molecule has 1 heteroatoms. The third-order valence-corrected chi connectivity index (χ3v) is 6.83. The van der Waals surface area contributed by atoms with Crippen LogP contribution in [0.2, 0.25) is 0 Å². The van der Waals surface area contributed by atoms with E-state index in [1.165, 1.54) is 55.7 Å². The summed E-state index contributed by atoms with van der Waals surface area (Å²) in [5.74, 6) is 0.303. The van der Waals surface area contributed by atoms with E-state index in [2.05, 4.69) is 110 Å². The molecule has 4 aliphatic rings. The Morgan fingerprint density at radius 1 is 0.719 bits per heavy atom. The molecule has 1 N–H and O–H groups in total. The molecule has 1 atom stereocenters. The largest absolute Gasteiger partial charge is 0.361 e. The molecule has 0 saturated heterocycles. The van der Waals surface area contributed by atoms with Gasteiger partial charge in [0.2, 0.25) is 0 Å². The summed E-state index contributed by atoms with van der Waals surface area (Å²) in [6, 6.07) is 17.5. The van der Waals surface area contributed by atoms with Crippen LogP contribution in [0.1, 0.15) is 30.9 Å². The Bertz CT molecular complexity index is 1380. The monoisotopic (exact) mass is 411 g/mol. The zero-order chi connectivity index (χ0) is 21.7. The normalized spacial score (nSPS) is 20.7.